The highest BCUT2D eigenvalue weighted by molar-refractivity contribution is 5.18. The van der Waals surface area contributed by atoms with Crippen LogP contribution in [0.2, 0.25) is 0 Å². The summed E-state index contributed by atoms with van der Waals surface area (Å²) in [7, 11) is 1.69. The number of rotatable bonds is 11. The first-order chi connectivity index (χ1) is 12.1. The van der Waals surface area contributed by atoms with E-state index in [1.807, 2.05) is 24.4 Å². The average Bonchev–Trinajstić information content (AvgIpc) is 3.02. The smallest absolute Gasteiger partial charge is 0.123 e. The molecule has 0 aliphatic heterocycles. The maximum absolute atomic E-state index is 13.1. The lowest BCUT2D eigenvalue weighted by molar-refractivity contribution is 0.0788. The van der Waals surface area contributed by atoms with E-state index in [9.17, 15) is 9.50 Å². The predicted octanol–water partition coefficient (Wildman–Crippen LogP) is 3.28. The molecule has 1 N–H and O–H groups in total. The summed E-state index contributed by atoms with van der Waals surface area (Å²) < 4.78 is 20.4. The first-order valence-corrected chi connectivity index (χ1v) is 8.90. The van der Waals surface area contributed by atoms with Gasteiger partial charge >= 0.3 is 0 Å². The predicted molar refractivity (Wildman–Crippen MR) is 98.0 cm³/mol. The van der Waals surface area contributed by atoms with Gasteiger partial charge in [-0.15, -0.1) is 0 Å². The molecule has 1 aromatic carbocycles. The van der Waals surface area contributed by atoms with E-state index in [1.165, 1.54) is 17.8 Å². The second-order valence-corrected chi connectivity index (χ2v) is 6.42. The van der Waals surface area contributed by atoms with Gasteiger partial charge in [0.25, 0.3) is 0 Å². The molecule has 0 fully saturated rings. The maximum Gasteiger partial charge on any atom is 0.123 e. The van der Waals surface area contributed by atoms with Gasteiger partial charge in [0.15, 0.2) is 0 Å². The molecule has 25 heavy (non-hydrogen) atoms. The van der Waals surface area contributed by atoms with Crippen molar-refractivity contribution in [3.05, 3.63) is 59.7 Å². The SMILES string of the molecule is CCC[C@H](O)CN(CCOC)Cc1cccn1Cc1ccc(F)cc1. The molecule has 0 spiro atoms. The molecule has 0 aliphatic carbocycles. The molecule has 0 saturated heterocycles. The summed E-state index contributed by atoms with van der Waals surface area (Å²) in [6.07, 6.45) is 3.50. The van der Waals surface area contributed by atoms with Crippen molar-refractivity contribution in [3.8, 4) is 0 Å². The Bertz CT molecular complexity index is 612. The van der Waals surface area contributed by atoms with Crippen LogP contribution in [0.5, 0.6) is 0 Å². The summed E-state index contributed by atoms with van der Waals surface area (Å²) in [6, 6.07) is 10.7. The third kappa shape index (κ3) is 6.61. The lowest BCUT2D eigenvalue weighted by Gasteiger charge is -2.25. The molecule has 5 heteroatoms. The highest BCUT2D eigenvalue weighted by atomic mass is 19.1. The summed E-state index contributed by atoms with van der Waals surface area (Å²) in [4.78, 5) is 2.22. The fourth-order valence-corrected chi connectivity index (χ4v) is 2.94. The Labute approximate surface area is 149 Å². The minimum Gasteiger partial charge on any atom is -0.392 e. The Morgan fingerprint density at radius 2 is 2.00 bits per heavy atom. The molecule has 4 nitrogen and oxygen atoms in total. The van der Waals surface area contributed by atoms with Gasteiger partial charge in [-0.3, -0.25) is 4.90 Å². The third-order valence-electron chi connectivity index (χ3n) is 4.28. The van der Waals surface area contributed by atoms with Gasteiger partial charge in [-0.1, -0.05) is 25.5 Å². The lowest BCUT2D eigenvalue weighted by Crippen LogP contribution is -2.35. The molecule has 1 atom stereocenters. The molecular weight excluding hydrogens is 319 g/mol. The number of aliphatic hydroxyl groups is 1. The van der Waals surface area contributed by atoms with Crippen molar-refractivity contribution in [3.63, 3.8) is 0 Å². The van der Waals surface area contributed by atoms with Gasteiger partial charge in [0, 0.05) is 45.2 Å². The van der Waals surface area contributed by atoms with E-state index in [1.54, 1.807) is 7.11 Å². The van der Waals surface area contributed by atoms with Crippen LogP contribution in [0.3, 0.4) is 0 Å². The van der Waals surface area contributed by atoms with Gasteiger partial charge in [-0.05, 0) is 36.2 Å². The van der Waals surface area contributed by atoms with Crippen LogP contribution >= 0.6 is 0 Å². The van der Waals surface area contributed by atoms with Gasteiger partial charge in [0.05, 0.1) is 12.7 Å². The molecule has 0 bridgehead atoms. The lowest BCUT2D eigenvalue weighted by atomic mass is 10.2. The number of ether oxygens (including phenoxy) is 1. The highest BCUT2D eigenvalue weighted by Crippen LogP contribution is 2.12. The van der Waals surface area contributed by atoms with Crippen molar-refractivity contribution in [2.45, 2.75) is 39.0 Å². The van der Waals surface area contributed by atoms with Gasteiger partial charge in [0.1, 0.15) is 5.82 Å². The van der Waals surface area contributed by atoms with Crippen molar-refractivity contribution in [2.75, 3.05) is 26.8 Å². The van der Waals surface area contributed by atoms with Crippen molar-refractivity contribution in [2.24, 2.45) is 0 Å². The second kappa shape index (κ2) is 10.3. The van der Waals surface area contributed by atoms with E-state index in [2.05, 4.69) is 22.5 Å². The van der Waals surface area contributed by atoms with E-state index >= 15 is 0 Å². The second-order valence-electron chi connectivity index (χ2n) is 6.42. The minimum absolute atomic E-state index is 0.216. The van der Waals surface area contributed by atoms with Crippen LogP contribution in [0.25, 0.3) is 0 Å². The van der Waals surface area contributed by atoms with E-state index in [-0.39, 0.29) is 11.9 Å². The maximum atomic E-state index is 13.1. The molecule has 0 radical (unpaired) electrons. The molecule has 0 saturated carbocycles. The number of halogens is 1. The molecule has 0 amide bonds. The van der Waals surface area contributed by atoms with Crippen molar-refractivity contribution < 1.29 is 14.2 Å². The van der Waals surface area contributed by atoms with Crippen molar-refractivity contribution in [1.29, 1.82) is 0 Å². The van der Waals surface area contributed by atoms with E-state index in [4.69, 9.17) is 4.74 Å². The summed E-state index contributed by atoms with van der Waals surface area (Å²) in [6.45, 7) is 5.59. The van der Waals surface area contributed by atoms with Crippen LogP contribution in [0, 0.1) is 5.82 Å². The number of aliphatic hydroxyl groups excluding tert-OH is 1. The van der Waals surface area contributed by atoms with E-state index in [0.29, 0.717) is 19.7 Å². The van der Waals surface area contributed by atoms with E-state index in [0.717, 1.165) is 31.5 Å². The zero-order valence-electron chi connectivity index (χ0n) is 15.2. The first kappa shape index (κ1) is 19.6. The standard InChI is InChI=1S/C20H29FN2O2/c1-3-5-20(24)16-22(12-13-25-2)15-19-6-4-11-23(19)14-17-7-9-18(21)10-8-17/h4,6-11,20,24H,3,5,12-16H2,1-2H3/t20-/m0/s1. The van der Waals surface area contributed by atoms with Crippen LogP contribution in [0.4, 0.5) is 4.39 Å². The van der Waals surface area contributed by atoms with Crippen LogP contribution in [-0.4, -0.2) is 47.5 Å². The Balaban J connectivity index is 2.03. The fraction of sp³-hybridized carbons (Fsp3) is 0.500. The molecule has 2 aromatic rings. The highest BCUT2D eigenvalue weighted by Gasteiger charge is 2.13. The van der Waals surface area contributed by atoms with Crippen molar-refractivity contribution in [1.82, 2.24) is 9.47 Å². The number of methoxy groups -OCH3 is 1. The van der Waals surface area contributed by atoms with Gasteiger partial charge < -0.3 is 14.4 Å². The average molecular weight is 348 g/mol. The number of aromatic nitrogens is 1. The molecule has 1 aromatic heterocycles. The zero-order chi connectivity index (χ0) is 18.1. The number of hydrogen-bond acceptors (Lipinski definition) is 3. The molecule has 2 rings (SSSR count). The third-order valence-corrected chi connectivity index (χ3v) is 4.28. The number of nitrogens with zero attached hydrogens (tertiary/aromatic N) is 2. The molecule has 1 heterocycles. The Morgan fingerprint density at radius 1 is 1.24 bits per heavy atom. The summed E-state index contributed by atoms with van der Waals surface area (Å²) in [5, 5.41) is 10.2. The summed E-state index contributed by atoms with van der Waals surface area (Å²) >= 11 is 0. The van der Waals surface area contributed by atoms with E-state index < -0.39 is 0 Å². The fourth-order valence-electron chi connectivity index (χ4n) is 2.94. The normalized spacial score (nSPS) is 12.7. The molecule has 138 valence electrons. The monoisotopic (exact) mass is 348 g/mol. The summed E-state index contributed by atoms with van der Waals surface area (Å²) in [5.74, 6) is -0.216. The van der Waals surface area contributed by atoms with Crippen molar-refractivity contribution >= 4 is 0 Å². The molecule has 0 unspecified atom stereocenters. The molecular formula is C20H29FN2O2. The van der Waals surface area contributed by atoms with Crippen LogP contribution < -0.4 is 0 Å². The zero-order valence-corrected chi connectivity index (χ0v) is 15.2. The number of benzene rings is 1. The Kier molecular flexibility index (Phi) is 8.12. The van der Waals surface area contributed by atoms with Gasteiger partial charge in [-0.2, -0.15) is 0 Å². The van der Waals surface area contributed by atoms with Crippen LogP contribution in [-0.2, 0) is 17.8 Å². The largest absolute Gasteiger partial charge is 0.392 e. The Hall–Kier alpha value is -1.69. The van der Waals surface area contributed by atoms with Gasteiger partial charge in [0.2, 0.25) is 0 Å². The van der Waals surface area contributed by atoms with Gasteiger partial charge in [-0.25, -0.2) is 4.39 Å². The Morgan fingerprint density at radius 3 is 2.68 bits per heavy atom. The summed E-state index contributed by atoms with van der Waals surface area (Å²) in [5.41, 5.74) is 2.23. The first-order valence-electron chi connectivity index (χ1n) is 8.90. The minimum atomic E-state index is -0.317. The van der Waals surface area contributed by atoms with Crippen LogP contribution in [0.15, 0.2) is 42.6 Å². The number of hydrogen-bond donors (Lipinski definition) is 1. The quantitative estimate of drug-likeness (QED) is 0.677. The topological polar surface area (TPSA) is 37.6 Å². The molecule has 0 aliphatic rings. The van der Waals surface area contributed by atoms with Crippen LogP contribution in [0.1, 0.15) is 31.0 Å².